The Balaban J connectivity index is 2.17. The van der Waals surface area contributed by atoms with Gasteiger partial charge in [0.05, 0.1) is 24.4 Å². The largest absolute Gasteiger partial charge is 0.481 e. The molecule has 5 heteroatoms. The van der Waals surface area contributed by atoms with Crippen LogP contribution in [0.1, 0.15) is 22.5 Å². The maximum Gasteiger partial charge on any atom is 0.309 e. The summed E-state index contributed by atoms with van der Waals surface area (Å²) in [5.74, 6) is -0.888. The van der Waals surface area contributed by atoms with Gasteiger partial charge in [-0.25, -0.2) is 4.68 Å². The van der Waals surface area contributed by atoms with Crippen LogP contribution in [0.5, 0.6) is 0 Å². The van der Waals surface area contributed by atoms with Crippen molar-refractivity contribution in [3.05, 3.63) is 46.8 Å². The molecule has 18 heavy (non-hydrogen) atoms. The molecule has 2 aromatic rings. The fraction of sp³-hybridized carbons (Fsp3) is 0.308. The number of aromatic nitrogens is 3. The average molecular weight is 245 g/mol. The van der Waals surface area contributed by atoms with Gasteiger partial charge in [-0.3, -0.25) is 4.79 Å². The normalized spacial score (nSPS) is 10.6. The summed E-state index contributed by atoms with van der Waals surface area (Å²) in [5, 5.41) is 16.6. The molecule has 0 fully saturated rings. The molecule has 0 amide bonds. The van der Waals surface area contributed by atoms with Gasteiger partial charge in [0.25, 0.3) is 0 Å². The maximum atomic E-state index is 10.6. The first-order valence-corrected chi connectivity index (χ1v) is 5.72. The molecule has 0 saturated carbocycles. The minimum absolute atomic E-state index is 0.0836. The Morgan fingerprint density at radius 1 is 1.28 bits per heavy atom. The number of carboxylic acid groups (broad SMARTS) is 1. The Kier molecular flexibility index (Phi) is 3.41. The summed E-state index contributed by atoms with van der Waals surface area (Å²) in [7, 11) is 0. The van der Waals surface area contributed by atoms with Gasteiger partial charge in [-0.1, -0.05) is 35.0 Å². The van der Waals surface area contributed by atoms with Gasteiger partial charge in [0.1, 0.15) is 0 Å². The van der Waals surface area contributed by atoms with Crippen molar-refractivity contribution in [2.45, 2.75) is 26.8 Å². The van der Waals surface area contributed by atoms with Crippen molar-refractivity contribution in [3.63, 3.8) is 0 Å². The van der Waals surface area contributed by atoms with Crippen LogP contribution in [-0.4, -0.2) is 26.1 Å². The van der Waals surface area contributed by atoms with E-state index in [4.69, 9.17) is 5.11 Å². The summed E-state index contributed by atoms with van der Waals surface area (Å²) in [5.41, 5.74) is 3.66. The van der Waals surface area contributed by atoms with Crippen molar-refractivity contribution in [2.75, 3.05) is 0 Å². The second-order valence-electron chi connectivity index (χ2n) is 4.34. The SMILES string of the molecule is Cc1ccc(Cn2nnc(CC(=O)O)c2C)cc1. The van der Waals surface area contributed by atoms with Gasteiger partial charge in [-0.15, -0.1) is 5.10 Å². The van der Waals surface area contributed by atoms with Gasteiger partial charge in [0.15, 0.2) is 0 Å². The Bertz CT molecular complexity index is 558. The van der Waals surface area contributed by atoms with E-state index in [1.54, 1.807) is 4.68 Å². The van der Waals surface area contributed by atoms with E-state index in [-0.39, 0.29) is 6.42 Å². The highest BCUT2D eigenvalue weighted by molar-refractivity contribution is 5.69. The molecule has 1 heterocycles. The Morgan fingerprint density at radius 2 is 1.94 bits per heavy atom. The number of carbonyl (C=O) groups is 1. The van der Waals surface area contributed by atoms with Gasteiger partial charge < -0.3 is 5.11 Å². The summed E-state index contributed by atoms with van der Waals surface area (Å²) < 4.78 is 1.73. The van der Waals surface area contributed by atoms with E-state index in [0.29, 0.717) is 12.2 Å². The number of nitrogens with zero attached hydrogens (tertiary/aromatic N) is 3. The molecule has 94 valence electrons. The molecule has 1 aromatic heterocycles. The highest BCUT2D eigenvalue weighted by Crippen LogP contribution is 2.09. The number of hydrogen-bond donors (Lipinski definition) is 1. The first kappa shape index (κ1) is 12.3. The molecule has 5 nitrogen and oxygen atoms in total. The van der Waals surface area contributed by atoms with Crippen molar-refractivity contribution in [3.8, 4) is 0 Å². The minimum atomic E-state index is -0.888. The van der Waals surface area contributed by atoms with E-state index >= 15 is 0 Å². The smallest absolute Gasteiger partial charge is 0.309 e. The van der Waals surface area contributed by atoms with Crippen molar-refractivity contribution < 1.29 is 9.90 Å². The Morgan fingerprint density at radius 3 is 2.56 bits per heavy atom. The van der Waals surface area contributed by atoms with Crippen molar-refractivity contribution in [1.82, 2.24) is 15.0 Å². The van der Waals surface area contributed by atoms with Gasteiger partial charge in [0.2, 0.25) is 0 Å². The van der Waals surface area contributed by atoms with Crippen LogP contribution < -0.4 is 0 Å². The molecular formula is C13H15N3O2. The number of rotatable bonds is 4. The van der Waals surface area contributed by atoms with Crippen LogP contribution in [0.2, 0.25) is 0 Å². The van der Waals surface area contributed by atoms with Gasteiger partial charge >= 0.3 is 5.97 Å². The van der Waals surface area contributed by atoms with Crippen molar-refractivity contribution in [1.29, 1.82) is 0 Å². The van der Waals surface area contributed by atoms with E-state index in [1.807, 2.05) is 38.1 Å². The third-order valence-electron chi connectivity index (χ3n) is 2.85. The zero-order valence-corrected chi connectivity index (χ0v) is 10.4. The van der Waals surface area contributed by atoms with E-state index < -0.39 is 5.97 Å². The minimum Gasteiger partial charge on any atom is -0.481 e. The molecule has 0 aliphatic rings. The lowest BCUT2D eigenvalue weighted by Gasteiger charge is -2.04. The molecule has 0 radical (unpaired) electrons. The highest BCUT2D eigenvalue weighted by Gasteiger charge is 2.11. The molecular weight excluding hydrogens is 230 g/mol. The van der Waals surface area contributed by atoms with Crippen molar-refractivity contribution >= 4 is 5.97 Å². The Hall–Kier alpha value is -2.17. The lowest BCUT2D eigenvalue weighted by molar-refractivity contribution is -0.136. The predicted molar refractivity (Wildman–Crippen MR) is 66.4 cm³/mol. The quantitative estimate of drug-likeness (QED) is 0.887. The number of aliphatic carboxylic acids is 1. The second kappa shape index (κ2) is 5.00. The lowest BCUT2D eigenvalue weighted by atomic mass is 10.1. The fourth-order valence-corrected chi connectivity index (χ4v) is 1.72. The monoisotopic (exact) mass is 245 g/mol. The zero-order chi connectivity index (χ0) is 13.1. The van der Waals surface area contributed by atoms with Crippen LogP contribution >= 0.6 is 0 Å². The van der Waals surface area contributed by atoms with E-state index in [1.165, 1.54) is 5.56 Å². The van der Waals surface area contributed by atoms with Crippen LogP contribution in [0.4, 0.5) is 0 Å². The number of carboxylic acids is 1. The van der Waals surface area contributed by atoms with Crippen molar-refractivity contribution in [2.24, 2.45) is 0 Å². The Labute approximate surface area is 105 Å². The number of aryl methyl sites for hydroxylation is 1. The highest BCUT2D eigenvalue weighted by atomic mass is 16.4. The molecule has 2 rings (SSSR count). The van der Waals surface area contributed by atoms with E-state index in [0.717, 1.165) is 11.3 Å². The van der Waals surface area contributed by atoms with Gasteiger partial charge in [-0.2, -0.15) is 0 Å². The third-order valence-corrected chi connectivity index (χ3v) is 2.85. The predicted octanol–water partition coefficient (Wildman–Crippen LogP) is 1.57. The maximum absolute atomic E-state index is 10.6. The molecule has 0 aliphatic heterocycles. The summed E-state index contributed by atoms with van der Waals surface area (Å²) in [6.07, 6.45) is -0.0836. The van der Waals surface area contributed by atoms with Crippen LogP contribution in [0.3, 0.4) is 0 Å². The standard InChI is InChI=1S/C13H15N3O2/c1-9-3-5-11(6-4-9)8-16-10(2)12(14-15-16)7-13(17)18/h3-6H,7-8H2,1-2H3,(H,17,18). The zero-order valence-electron chi connectivity index (χ0n) is 10.4. The lowest BCUT2D eigenvalue weighted by Crippen LogP contribution is -2.06. The molecule has 0 saturated heterocycles. The molecule has 0 atom stereocenters. The van der Waals surface area contributed by atoms with Gasteiger partial charge in [-0.05, 0) is 19.4 Å². The van der Waals surface area contributed by atoms with Crippen LogP contribution in [0.15, 0.2) is 24.3 Å². The van der Waals surface area contributed by atoms with E-state index in [2.05, 4.69) is 10.3 Å². The molecule has 0 unspecified atom stereocenters. The third kappa shape index (κ3) is 2.74. The summed E-state index contributed by atoms with van der Waals surface area (Å²) >= 11 is 0. The van der Waals surface area contributed by atoms with Crippen LogP contribution in [0, 0.1) is 13.8 Å². The molecule has 0 spiro atoms. The topological polar surface area (TPSA) is 68.0 Å². The fourth-order valence-electron chi connectivity index (χ4n) is 1.72. The average Bonchev–Trinajstić information content (AvgIpc) is 2.64. The molecule has 1 N–H and O–H groups in total. The molecule has 1 aromatic carbocycles. The summed E-state index contributed by atoms with van der Waals surface area (Å²) in [4.78, 5) is 10.6. The first-order valence-electron chi connectivity index (χ1n) is 5.72. The number of benzene rings is 1. The second-order valence-corrected chi connectivity index (χ2v) is 4.34. The number of hydrogen-bond acceptors (Lipinski definition) is 3. The first-order chi connectivity index (χ1) is 8.56. The van der Waals surface area contributed by atoms with Gasteiger partial charge in [0, 0.05) is 0 Å². The molecule has 0 aliphatic carbocycles. The molecule has 0 bridgehead atoms. The van der Waals surface area contributed by atoms with E-state index in [9.17, 15) is 4.79 Å². The summed E-state index contributed by atoms with van der Waals surface area (Å²) in [6, 6.07) is 8.15. The van der Waals surface area contributed by atoms with Crippen LogP contribution in [-0.2, 0) is 17.8 Å². The van der Waals surface area contributed by atoms with Crippen LogP contribution in [0.25, 0.3) is 0 Å². The summed E-state index contributed by atoms with van der Waals surface area (Å²) in [6.45, 7) is 4.49.